The van der Waals surface area contributed by atoms with Gasteiger partial charge in [-0.25, -0.2) is 4.79 Å². The highest BCUT2D eigenvalue weighted by atomic mass is 35.5. The van der Waals surface area contributed by atoms with E-state index in [1.807, 2.05) is 39.0 Å². The fourth-order valence-corrected chi connectivity index (χ4v) is 3.07. The topological polar surface area (TPSA) is 87.3 Å². The van der Waals surface area contributed by atoms with Crippen molar-refractivity contribution in [1.82, 2.24) is 20.4 Å². The molecule has 144 valence electrons. The maximum absolute atomic E-state index is 12.6. The summed E-state index contributed by atoms with van der Waals surface area (Å²) < 4.78 is 5.43. The average molecular weight is 391 g/mol. The third-order valence-corrected chi connectivity index (χ3v) is 4.57. The van der Waals surface area contributed by atoms with E-state index in [9.17, 15) is 9.59 Å². The van der Waals surface area contributed by atoms with Crippen molar-refractivity contribution in [2.75, 3.05) is 6.54 Å². The number of nitrogens with zero attached hydrogens (tertiary/aromatic N) is 2. The summed E-state index contributed by atoms with van der Waals surface area (Å²) in [6.45, 7) is 6.58. The van der Waals surface area contributed by atoms with Crippen LogP contribution >= 0.6 is 11.6 Å². The first-order chi connectivity index (χ1) is 12.7. The number of ether oxygens (including phenoxy) is 1. The minimum atomic E-state index is -0.567. The second-order valence-electron chi connectivity index (χ2n) is 7.46. The molecule has 2 heterocycles. The van der Waals surface area contributed by atoms with E-state index >= 15 is 0 Å². The summed E-state index contributed by atoms with van der Waals surface area (Å²) in [6.07, 6.45) is 0.205. The van der Waals surface area contributed by atoms with Crippen molar-refractivity contribution in [2.24, 2.45) is 0 Å². The molecule has 0 spiro atoms. The molecule has 0 aliphatic carbocycles. The predicted molar refractivity (Wildman–Crippen MR) is 102 cm³/mol. The van der Waals surface area contributed by atoms with Gasteiger partial charge in [0.1, 0.15) is 5.60 Å². The second kappa shape index (κ2) is 7.60. The van der Waals surface area contributed by atoms with Crippen LogP contribution in [0.15, 0.2) is 24.3 Å². The molecule has 3 rings (SSSR count). The Labute approximate surface area is 163 Å². The van der Waals surface area contributed by atoms with E-state index in [-0.39, 0.29) is 12.5 Å². The van der Waals surface area contributed by atoms with Crippen LogP contribution < -0.4 is 5.32 Å². The maximum atomic E-state index is 12.6. The first-order valence-electron chi connectivity index (χ1n) is 8.80. The van der Waals surface area contributed by atoms with Crippen molar-refractivity contribution < 1.29 is 14.3 Å². The lowest BCUT2D eigenvalue weighted by Crippen LogP contribution is -2.40. The lowest BCUT2D eigenvalue weighted by Gasteiger charge is -2.30. The molecule has 0 saturated carbocycles. The van der Waals surface area contributed by atoms with Crippen LogP contribution in [0.3, 0.4) is 0 Å². The van der Waals surface area contributed by atoms with E-state index < -0.39 is 11.7 Å². The highest BCUT2D eigenvalue weighted by molar-refractivity contribution is 6.31. The molecule has 8 heteroatoms. The molecular weight excluding hydrogens is 368 g/mol. The molecular formula is C19H23ClN4O3. The standard InChI is InChI=1S/C19H23ClN4O3/c1-19(2,3)27-18(26)24-9-8-15-13(11-24)16(23-22-15)17(25)21-10-12-6-4-5-7-14(12)20/h4-7H,8-11H2,1-3H3,(H,21,25)(H,22,23). The van der Waals surface area contributed by atoms with Crippen molar-refractivity contribution in [3.05, 3.63) is 51.8 Å². The summed E-state index contributed by atoms with van der Waals surface area (Å²) in [6, 6.07) is 7.33. The molecule has 1 aliphatic heterocycles. The van der Waals surface area contributed by atoms with E-state index in [1.54, 1.807) is 11.0 Å². The number of nitrogens with one attached hydrogen (secondary N) is 2. The van der Waals surface area contributed by atoms with Crippen LogP contribution in [0.1, 0.15) is 48.1 Å². The number of hydrogen-bond donors (Lipinski definition) is 2. The van der Waals surface area contributed by atoms with Gasteiger partial charge in [0, 0.05) is 35.8 Å². The number of amides is 2. The number of benzene rings is 1. The van der Waals surface area contributed by atoms with E-state index in [2.05, 4.69) is 15.5 Å². The SMILES string of the molecule is CC(C)(C)OC(=O)N1CCc2[nH]nc(C(=O)NCc3ccccc3Cl)c2C1. The fourth-order valence-electron chi connectivity index (χ4n) is 2.87. The molecule has 2 N–H and O–H groups in total. The Morgan fingerprint density at radius 3 is 2.78 bits per heavy atom. The lowest BCUT2D eigenvalue weighted by atomic mass is 10.1. The molecule has 0 radical (unpaired) electrons. The van der Waals surface area contributed by atoms with Gasteiger partial charge in [-0.3, -0.25) is 9.89 Å². The summed E-state index contributed by atoms with van der Waals surface area (Å²) in [5, 5.41) is 10.5. The zero-order chi connectivity index (χ0) is 19.6. The molecule has 0 atom stereocenters. The highest BCUT2D eigenvalue weighted by Crippen LogP contribution is 2.22. The maximum Gasteiger partial charge on any atom is 0.410 e. The van der Waals surface area contributed by atoms with Crippen LogP contribution in [0.4, 0.5) is 4.79 Å². The van der Waals surface area contributed by atoms with E-state index in [0.29, 0.717) is 30.2 Å². The van der Waals surface area contributed by atoms with Crippen molar-refractivity contribution in [2.45, 2.75) is 45.9 Å². The van der Waals surface area contributed by atoms with Crippen LogP contribution in [-0.4, -0.2) is 39.2 Å². The highest BCUT2D eigenvalue weighted by Gasteiger charge is 2.30. The molecule has 2 aromatic rings. The van der Waals surface area contributed by atoms with Gasteiger partial charge in [0.15, 0.2) is 5.69 Å². The minimum absolute atomic E-state index is 0.287. The van der Waals surface area contributed by atoms with E-state index in [0.717, 1.165) is 16.8 Å². The molecule has 7 nitrogen and oxygen atoms in total. The molecule has 0 saturated heterocycles. The van der Waals surface area contributed by atoms with Gasteiger partial charge in [-0.15, -0.1) is 0 Å². The first-order valence-corrected chi connectivity index (χ1v) is 9.18. The van der Waals surface area contributed by atoms with Gasteiger partial charge in [0.2, 0.25) is 0 Å². The summed E-state index contributed by atoms with van der Waals surface area (Å²) in [5.41, 5.74) is 2.15. The quantitative estimate of drug-likeness (QED) is 0.841. The Morgan fingerprint density at radius 1 is 1.33 bits per heavy atom. The Morgan fingerprint density at radius 2 is 2.07 bits per heavy atom. The largest absolute Gasteiger partial charge is 0.444 e. The summed E-state index contributed by atoms with van der Waals surface area (Å²) >= 11 is 6.12. The Bertz CT molecular complexity index is 857. The molecule has 0 fully saturated rings. The van der Waals surface area contributed by atoms with Gasteiger partial charge in [-0.05, 0) is 32.4 Å². The summed E-state index contributed by atoms with van der Waals surface area (Å²) in [5.74, 6) is -0.307. The molecule has 0 unspecified atom stereocenters. The van der Waals surface area contributed by atoms with Crippen molar-refractivity contribution in [1.29, 1.82) is 0 Å². The second-order valence-corrected chi connectivity index (χ2v) is 7.86. The predicted octanol–water partition coefficient (Wildman–Crippen LogP) is 3.29. The average Bonchev–Trinajstić information content (AvgIpc) is 3.02. The summed E-state index contributed by atoms with van der Waals surface area (Å²) in [4.78, 5) is 26.5. The number of rotatable bonds is 3. The van der Waals surface area contributed by atoms with Gasteiger partial charge >= 0.3 is 6.09 Å². The monoisotopic (exact) mass is 390 g/mol. The van der Waals surface area contributed by atoms with E-state index in [1.165, 1.54) is 0 Å². The molecule has 0 bridgehead atoms. The number of carbonyl (C=O) groups is 2. The minimum Gasteiger partial charge on any atom is -0.444 e. The Balaban J connectivity index is 1.69. The molecule has 2 amide bonds. The number of carbonyl (C=O) groups excluding carboxylic acids is 2. The Kier molecular flexibility index (Phi) is 5.41. The zero-order valence-electron chi connectivity index (χ0n) is 15.6. The number of hydrogen-bond acceptors (Lipinski definition) is 4. The van der Waals surface area contributed by atoms with Gasteiger partial charge < -0.3 is 15.0 Å². The molecule has 1 aromatic carbocycles. The van der Waals surface area contributed by atoms with Gasteiger partial charge in [-0.1, -0.05) is 29.8 Å². The smallest absolute Gasteiger partial charge is 0.410 e. The van der Waals surface area contributed by atoms with Crippen molar-refractivity contribution in [3.8, 4) is 0 Å². The third-order valence-electron chi connectivity index (χ3n) is 4.20. The first kappa shape index (κ1) is 19.2. The zero-order valence-corrected chi connectivity index (χ0v) is 16.4. The normalized spacial score (nSPS) is 13.9. The van der Waals surface area contributed by atoms with Crippen LogP contribution in [0, 0.1) is 0 Å². The number of aromatic nitrogens is 2. The number of fused-ring (bicyclic) bond motifs is 1. The van der Waals surface area contributed by atoms with Crippen LogP contribution in [0.2, 0.25) is 5.02 Å². The van der Waals surface area contributed by atoms with E-state index in [4.69, 9.17) is 16.3 Å². The van der Waals surface area contributed by atoms with Crippen LogP contribution in [0.25, 0.3) is 0 Å². The Hall–Kier alpha value is -2.54. The number of aromatic amines is 1. The van der Waals surface area contributed by atoms with Gasteiger partial charge in [0.05, 0.1) is 6.54 Å². The van der Waals surface area contributed by atoms with Crippen LogP contribution in [-0.2, 0) is 24.2 Å². The fraction of sp³-hybridized carbons (Fsp3) is 0.421. The number of halogens is 1. The van der Waals surface area contributed by atoms with Crippen molar-refractivity contribution >= 4 is 23.6 Å². The number of H-pyrrole nitrogens is 1. The summed E-state index contributed by atoms with van der Waals surface area (Å²) in [7, 11) is 0. The van der Waals surface area contributed by atoms with Gasteiger partial charge in [-0.2, -0.15) is 5.10 Å². The third kappa shape index (κ3) is 4.60. The molecule has 1 aliphatic rings. The van der Waals surface area contributed by atoms with Crippen molar-refractivity contribution in [3.63, 3.8) is 0 Å². The van der Waals surface area contributed by atoms with Gasteiger partial charge in [0.25, 0.3) is 5.91 Å². The molecule has 27 heavy (non-hydrogen) atoms. The lowest BCUT2D eigenvalue weighted by molar-refractivity contribution is 0.0222. The van der Waals surface area contributed by atoms with Crippen LogP contribution in [0.5, 0.6) is 0 Å². The molecule has 1 aromatic heterocycles.